The molecule has 0 saturated carbocycles. The average molecular weight is 250 g/mol. The van der Waals surface area contributed by atoms with E-state index in [4.69, 9.17) is 9.84 Å². The highest BCUT2D eigenvalue weighted by Gasteiger charge is 2.13. The van der Waals surface area contributed by atoms with Crippen molar-refractivity contribution in [2.75, 3.05) is 0 Å². The van der Waals surface area contributed by atoms with Crippen LogP contribution in [0.3, 0.4) is 0 Å². The van der Waals surface area contributed by atoms with E-state index in [1.54, 1.807) is 12.1 Å². The van der Waals surface area contributed by atoms with Crippen molar-refractivity contribution in [3.8, 4) is 5.75 Å². The number of para-hydroxylation sites is 1. The molecule has 0 aliphatic carbocycles. The van der Waals surface area contributed by atoms with Crippen LogP contribution < -0.4 is 4.74 Å². The molecule has 0 aliphatic heterocycles. The Morgan fingerprint density at radius 3 is 2.33 bits per heavy atom. The summed E-state index contributed by atoms with van der Waals surface area (Å²) in [5.74, 6) is -0.924. The number of carbonyl (C=O) groups is 2. The molecule has 96 valence electrons. The van der Waals surface area contributed by atoms with Gasteiger partial charge >= 0.3 is 11.9 Å². The van der Waals surface area contributed by atoms with Crippen LogP contribution in [0.25, 0.3) is 0 Å². The van der Waals surface area contributed by atoms with Crippen LogP contribution in [0.1, 0.15) is 17.3 Å². The van der Waals surface area contributed by atoms with Gasteiger partial charge in [-0.05, 0) is 12.1 Å². The molecule has 1 aromatic rings. The largest absolute Gasteiger partial charge is 0.516 e. The zero-order valence-electron chi connectivity index (χ0n) is 9.96. The van der Waals surface area contributed by atoms with Crippen LogP contribution in [0.4, 0.5) is 0 Å². The fraction of sp³-hybridized carbons (Fsp3) is 0.0769. The van der Waals surface area contributed by atoms with E-state index in [1.807, 2.05) is 0 Å². The summed E-state index contributed by atoms with van der Waals surface area (Å²) >= 11 is 0. The van der Waals surface area contributed by atoms with Gasteiger partial charge in [0.15, 0.2) is 0 Å². The predicted octanol–water partition coefficient (Wildman–Crippen LogP) is 2.60. The molecule has 0 radical (unpaired) electrons. The summed E-state index contributed by atoms with van der Waals surface area (Å²) in [4.78, 5) is 22.1. The number of aliphatic hydroxyl groups is 1. The third-order valence-electron chi connectivity index (χ3n) is 1.55. The minimum Gasteiger partial charge on any atom is -0.516 e. The molecule has 5 nitrogen and oxygen atoms in total. The summed E-state index contributed by atoms with van der Waals surface area (Å²) in [7, 11) is 0. The van der Waals surface area contributed by atoms with Crippen molar-refractivity contribution in [3.05, 3.63) is 55.5 Å². The first-order chi connectivity index (χ1) is 8.56. The van der Waals surface area contributed by atoms with E-state index in [1.165, 1.54) is 19.1 Å². The number of hydrogen-bond acceptors (Lipinski definition) is 5. The molecule has 1 aromatic carbocycles. The molecule has 0 unspecified atom stereocenters. The Balaban J connectivity index is 0.000000873. The Labute approximate surface area is 105 Å². The molecular weight excluding hydrogens is 236 g/mol. The van der Waals surface area contributed by atoms with Gasteiger partial charge in [-0.15, -0.1) is 0 Å². The molecule has 0 saturated heterocycles. The topological polar surface area (TPSA) is 72.8 Å². The van der Waals surface area contributed by atoms with E-state index >= 15 is 0 Å². The molecule has 0 fully saturated rings. The van der Waals surface area contributed by atoms with Crippen LogP contribution in [0.2, 0.25) is 0 Å². The number of rotatable bonds is 3. The smallest absolute Gasteiger partial charge is 0.346 e. The molecular formula is C13H14O5. The minimum atomic E-state index is -0.609. The highest BCUT2D eigenvalue weighted by molar-refractivity contribution is 5.93. The monoisotopic (exact) mass is 250 g/mol. The van der Waals surface area contributed by atoms with Gasteiger partial charge in [-0.1, -0.05) is 25.3 Å². The second-order valence-corrected chi connectivity index (χ2v) is 2.84. The van der Waals surface area contributed by atoms with Crippen molar-refractivity contribution in [1.29, 1.82) is 0 Å². The van der Waals surface area contributed by atoms with Crippen LogP contribution in [-0.4, -0.2) is 17.0 Å². The van der Waals surface area contributed by atoms with Crippen molar-refractivity contribution < 1.29 is 24.2 Å². The quantitative estimate of drug-likeness (QED) is 0.507. The van der Waals surface area contributed by atoms with Crippen molar-refractivity contribution in [3.63, 3.8) is 0 Å². The summed E-state index contributed by atoms with van der Waals surface area (Å²) in [6.45, 7) is 7.44. The van der Waals surface area contributed by atoms with Gasteiger partial charge in [-0.3, -0.25) is 4.79 Å². The maximum absolute atomic E-state index is 11.4. The summed E-state index contributed by atoms with van der Waals surface area (Å²) < 4.78 is 9.42. The Bertz CT molecular complexity index is 437. The van der Waals surface area contributed by atoms with Gasteiger partial charge in [0.1, 0.15) is 11.3 Å². The molecule has 1 rings (SSSR count). The molecule has 0 amide bonds. The second-order valence-electron chi connectivity index (χ2n) is 2.84. The maximum Gasteiger partial charge on any atom is 0.346 e. The first kappa shape index (κ1) is 15.4. The summed E-state index contributed by atoms with van der Waals surface area (Å²) in [6.07, 6.45) is 1.77. The fourth-order valence-corrected chi connectivity index (χ4v) is 1.02. The summed E-state index contributed by atoms with van der Waals surface area (Å²) in [6, 6.07) is 6.32. The fourth-order valence-electron chi connectivity index (χ4n) is 1.02. The summed E-state index contributed by atoms with van der Waals surface area (Å²) in [5.41, 5.74) is 0.188. The molecule has 0 bridgehead atoms. The van der Waals surface area contributed by atoms with Crippen molar-refractivity contribution in [2.24, 2.45) is 0 Å². The molecule has 0 atom stereocenters. The molecule has 0 spiro atoms. The molecule has 0 heterocycles. The first-order valence-electron chi connectivity index (χ1n) is 4.91. The van der Waals surface area contributed by atoms with Gasteiger partial charge in [-0.2, -0.15) is 0 Å². The lowest BCUT2D eigenvalue weighted by molar-refractivity contribution is -0.131. The average Bonchev–Trinajstić information content (AvgIpc) is 2.30. The highest BCUT2D eigenvalue weighted by atomic mass is 16.5. The second kappa shape index (κ2) is 8.58. The molecule has 5 heteroatoms. The van der Waals surface area contributed by atoms with Crippen molar-refractivity contribution in [2.45, 2.75) is 6.92 Å². The number of aliphatic hydroxyl groups excluding tert-OH is 1. The highest BCUT2D eigenvalue weighted by Crippen LogP contribution is 2.19. The number of carbonyl (C=O) groups excluding carboxylic acids is 2. The normalized spacial score (nSPS) is 8.28. The third kappa shape index (κ3) is 5.50. The van der Waals surface area contributed by atoms with E-state index in [0.29, 0.717) is 0 Å². The van der Waals surface area contributed by atoms with E-state index in [9.17, 15) is 9.59 Å². The maximum atomic E-state index is 11.4. The van der Waals surface area contributed by atoms with Gasteiger partial charge in [0.05, 0.1) is 12.5 Å². The zero-order valence-corrected chi connectivity index (χ0v) is 9.96. The van der Waals surface area contributed by atoms with Crippen molar-refractivity contribution >= 4 is 11.9 Å². The van der Waals surface area contributed by atoms with E-state index in [0.717, 1.165) is 12.5 Å². The number of hydrogen-bond donors (Lipinski definition) is 1. The lowest BCUT2D eigenvalue weighted by Crippen LogP contribution is -2.08. The van der Waals surface area contributed by atoms with Crippen LogP contribution in [-0.2, 0) is 9.53 Å². The van der Waals surface area contributed by atoms with Gasteiger partial charge in [-0.25, -0.2) is 4.79 Å². The SMILES string of the molecule is C=CO.C=COC(=O)c1ccccc1OC(C)=O. The number of benzene rings is 1. The molecule has 0 aliphatic rings. The zero-order chi connectivity index (χ0) is 14.0. The van der Waals surface area contributed by atoms with E-state index in [2.05, 4.69) is 17.9 Å². The lowest BCUT2D eigenvalue weighted by Gasteiger charge is -2.06. The Morgan fingerprint density at radius 1 is 1.28 bits per heavy atom. The van der Waals surface area contributed by atoms with Crippen molar-refractivity contribution in [1.82, 2.24) is 0 Å². The number of ether oxygens (including phenoxy) is 2. The van der Waals surface area contributed by atoms with Crippen LogP contribution in [0.15, 0.2) is 49.9 Å². The predicted molar refractivity (Wildman–Crippen MR) is 66.2 cm³/mol. The van der Waals surface area contributed by atoms with E-state index < -0.39 is 11.9 Å². The van der Waals surface area contributed by atoms with Crippen LogP contribution in [0, 0.1) is 0 Å². The van der Waals surface area contributed by atoms with Gasteiger partial charge in [0.25, 0.3) is 0 Å². The Morgan fingerprint density at radius 2 is 1.83 bits per heavy atom. The minimum absolute atomic E-state index is 0.178. The number of esters is 2. The van der Waals surface area contributed by atoms with Crippen LogP contribution >= 0.6 is 0 Å². The van der Waals surface area contributed by atoms with Crippen LogP contribution in [0.5, 0.6) is 5.75 Å². The van der Waals surface area contributed by atoms with Gasteiger partial charge in [0.2, 0.25) is 0 Å². The molecule has 1 N–H and O–H groups in total. The first-order valence-corrected chi connectivity index (χ1v) is 4.91. The standard InChI is InChI=1S/C11H10O4.C2H4O/c1-3-14-11(13)9-6-4-5-7-10(9)15-8(2)12;1-2-3/h3-7H,1H2,2H3;2-3H,1H2. The van der Waals surface area contributed by atoms with E-state index in [-0.39, 0.29) is 11.3 Å². The summed E-state index contributed by atoms with van der Waals surface area (Å²) in [5, 5.41) is 7.33. The lowest BCUT2D eigenvalue weighted by atomic mass is 10.2. The molecule has 0 aromatic heterocycles. The Hall–Kier alpha value is -2.56. The third-order valence-corrected chi connectivity index (χ3v) is 1.55. The molecule has 18 heavy (non-hydrogen) atoms. The van der Waals surface area contributed by atoms with Gasteiger partial charge in [0, 0.05) is 6.92 Å². The van der Waals surface area contributed by atoms with Gasteiger partial charge < -0.3 is 14.6 Å². The Kier molecular flexibility index (Phi) is 7.36.